The summed E-state index contributed by atoms with van der Waals surface area (Å²) in [5, 5.41) is 3.73. The molecule has 0 aromatic heterocycles. The molecule has 2 heterocycles. The molecule has 6 heteroatoms. The number of morpholine rings is 1. The molecule has 0 bridgehead atoms. The van der Waals surface area contributed by atoms with Crippen molar-refractivity contribution in [2.24, 2.45) is 10.9 Å². The van der Waals surface area contributed by atoms with Gasteiger partial charge < -0.3 is 19.7 Å². The third-order valence-corrected chi connectivity index (χ3v) is 6.59. The highest BCUT2D eigenvalue weighted by Gasteiger charge is 2.42. The van der Waals surface area contributed by atoms with Crippen molar-refractivity contribution in [2.75, 3.05) is 60.1 Å². The van der Waals surface area contributed by atoms with Crippen LogP contribution in [0.4, 0.5) is 0 Å². The molecule has 0 aromatic rings. The van der Waals surface area contributed by atoms with Crippen LogP contribution in [0.15, 0.2) is 4.99 Å². The zero-order valence-electron chi connectivity index (χ0n) is 17.9. The minimum atomic E-state index is -0.0519. The number of ether oxygens (including phenoxy) is 2. The Hall–Kier alpha value is -0.850. The highest BCUT2D eigenvalue weighted by atomic mass is 16.5. The van der Waals surface area contributed by atoms with Gasteiger partial charge in [-0.25, -0.2) is 0 Å². The minimum absolute atomic E-state index is 0.0519. The Balaban J connectivity index is 1.63. The van der Waals surface area contributed by atoms with Crippen LogP contribution in [0.25, 0.3) is 0 Å². The predicted molar refractivity (Wildman–Crippen MR) is 110 cm³/mol. The Morgan fingerprint density at radius 3 is 2.63 bits per heavy atom. The van der Waals surface area contributed by atoms with Crippen molar-refractivity contribution in [3.05, 3.63) is 0 Å². The summed E-state index contributed by atoms with van der Waals surface area (Å²) in [6, 6.07) is 0. The monoisotopic (exact) mass is 380 g/mol. The SMILES string of the molecule is CN=C(NCC1(N2CCOC(C)(C)C2)CCCCC1)N(C)CC1CCOC1. The van der Waals surface area contributed by atoms with Crippen molar-refractivity contribution in [3.63, 3.8) is 0 Å². The normalized spacial score (nSPS) is 28.9. The van der Waals surface area contributed by atoms with Crippen LogP contribution in [0, 0.1) is 5.92 Å². The first kappa shape index (κ1) is 20.9. The van der Waals surface area contributed by atoms with Gasteiger partial charge in [0.15, 0.2) is 5.96 Å². The molecule has 156 valence electrons. The fourth-order valence-corrected chi connectivity index (χ4v) is 5.07. The number of hydrogen-bond donors (Lipinski definition) is 1. The first-order valence-corrected chi connectivity index (χ1v) is 10.8. The summed E-state index contributed by atoms with van der Waals surface area (Å²) >= 11 is 0. The number of hydrogen-bond acceptors (Lipinski definition) is 4. The number of guanidine groups is 1. The van der Waals surface area contributed by atoms with E-state index in [1.807, 2.05) is 7.05 Å². The van der Waals surface area contributed by atoms with E-state index in [9.17, 15) is 0 Å². The second kappa shape index (κ2) is 9.10. The van der Waals surface area contributed by atoms with Gasteiger partial charge in [-0.3, -0.25) is 9.89 Å². The quantitative estimate of drug-likeness (QED) is 0.586. The molecule has 3 aliphatic rings. The van der Waals surface area contributed by atoms with Crippen LogP contribution in [0.5, 0.6) is 0 Å². The van der Waals surface area contributed by atoms with Crippen LogP contribution in [0.3, 0.4) is 0 Å². The summed E-state index contributed by atoms with van der Waals surface area (Å²) in [4.78, 5) is 9.55. The number of aliphatic imine (C=N–C) groups is 1. The molecule has 1 atom stereocenters. The van der Waals surface area contributed by atoms with E-state index in [0.29, 0.717) is 5.92 Å². The first-order valence-electron chi connectivity index (χ1n) is 10.8. The lowest BCUT2D eigenvalue weighted by molar-refractivity contribution is -0.122. The predicted octanol–water partition coefficient (Wildman–Crippen LogP) is 2.34. The number of rotatable bonds is 5. The van der Waals surface area contributed by atoms with E-state index in [4.69, 9.17) is 9.47 Å². The Morgan fingerprint density at radius 1 is 1.22 bits per heavy atom. The standard InChI is InChI=1S/C21H40N4O2/c1-20(2)17-25(11-13-27-20)21(9-6-5-7-10-21)16-23-19(22-3)24(4)14-18-8-12-26-15-18/h18H,5-17H2,1-4H3,(H,22,23). The Kier molecular flexibility index (Phi) is 7.03. The third-order valence-electron chi connectivity index (χ3n) is 6.59. The average Bonchev–Trinajstić information content (AvgIpc) is 3.15. The topological polar surface area (TPSA) is 49.3 Å². The lowest BCUT2D eigenvalue weighted by Gasteiger charge is -2.51. The molecule has 0 radical (unpaired) electrons. The van der Waals surface area contributed by atoms with Gasteiger partial charge in [0.2, 0.25) is 0 Å². The third kappa shape index (κ3) is 5.36. The second-order valence-electron chi connectivity index (χ2n) is 9.33. The molecule has 1 saturated carbocycles. The van der Waals surface area contributed by atoms with Gasteiger partial charge >= 0.3 is 0 Å². The first-order chi connectivity index (χ1) is 12.9. The van der Waals surface area contributed by atoms with Crippen LogP contribution >= 0.6 is 0 Å². The lowest BCUT2D eigenvalue weighted by atomic mass is 9.79. The zero-order valence-corrected chi connectivity index (χ0v) is 17.9. The maximum Gasteiger partial charge on any atom is 0.193 e. The zero-order chi connectivity index (χ0) is 19.3. The van der Waals surface area contributed by atoms with Gasteiger partial charge in [-0.05, 0) is 33.1 Å². The fraction of sp³-hybridized carbons (Fsp3) is 0.952. The van der Waals surface area contributed by atoms with E-state index in [1.54, 1.807) is 0 Å². The van der Waals surface area contributed by atoms with Crippen molar-refractivity contribution in [3.8, 4) is 0 Å². The summed E-state index contributed by atoms with van der Waals surface area (Å²) < 4.78 is 11.5. The molecule has 2 saturated heterocycles. The molecule has 0 aromatic carbocycles. The summed E-state index contributed by atoms with van der Waals surface area (Å²) in [7, 11) is 4.05. The molecule has 3 fully saturated rings. The smallest absolute Gasteiger partial charge is 0.193 e. The fourth-order valence-electron chi connectivity index (χ4n) is 5.07. The molecule has 2 aliphatic heterocycles. The highest BCUT2D eigenvalue weighted by Crippen LogP contribution is 2.36. The van der Waals surface area contributed by atoms with Crippen LogP contribution in [-0.2, 0) is 9.47 Å². The molecule has 1 aliphatic carbocycles. The number of nitrogens with one attached hydrogen (secondary N) is 1. The highest BCUT2D eigenvalue weighted by molar-refractivity contribution is 5.79. The van der Waals surface area contributed by atoms with Crippen molar-refractivity contribution in [1.82, 2.24) is 15.1 Å². The van der Waals surface area contributed by atoms with Gasteiger partial charge in [-0.1, -0.05) is 19.3 Å². The van der Waals surface area contributed by atoms with E-state index >= 15 is 0 Å². The average molecular weight is 381 g/mol. The molecular formula is C21H40N4O2. The van der Waals surface area contributed by atoms with E-state index in [1.165, 1.54) is 32.1 Å². The van der Waals surface area contributed by atoms with Crippen molar-refractivity contribution < 1.29 is 9.47 Å². The Labute approximate surface area is 165 Å². The summed E-state index contributed by atoms with van der Waals surface area (Å²) in [5.74, 6) is 1.64. The maximum atomic E-state index is 5.98. The van der Waals surface area contributed by atoms with E-state index in [0.717, 1.165) is 58.4 Å². The summed E-state index contributed by atoms with van der Waals surface area (Å²) in [5.41, 5.74) is 0.177. The van der Waals surface area contributed by atoms with Crippen LogP contribution in [-0.4, -0.2) is 87.0 Å². The van der Waals surface area contributed by atoms with E-state index in [2.05, 4.69) is 41.0 Å². The van der Waals surface area contributed by atoms with Crippen molar-refractivity contribution in [2.45, 2.75) is 63.5 Å². The van der Waals surface area contributed by atoms with Gasteiger partial charge in [-0.15, -0.1) is 0 Å². The largest absolute Gasteiger partial charge is 0.381 e. The second-order valence-corrected chi connectivity index (χ2v) is 9.33. The minimum Gasteiger partial charge on any atom is -0.381 e. The molecule has 27 heavy (non-hydrogen) atoms. The molecule has 1 unspecified atom stereocenters. The Bertz CT molecular complexity index is 496. The van der Waals surface area contributed by atoms with Crippen LogP contribution < -0.4 is 5.32 Å². The van der Waals surface area contributed by atoms with Gasteiger partial charge in [0, 0.05) is 58.3 Å². The molecular weight excluding hydrogens is 340 g/mol. The maximum absolute atomic E-state index is 5.98. The molecule has 0 amide bonds. The summed E-state index contributed by atoms with van der Waals surface area (Å²) in [6.45, 7) is 11.1. The lowest BCUT2D eigenvalue weighted by Crippen LogP contribution is -2.63. The van der Waals surface area contributed by atoms with Crippen molar-refractivity contribution >= 4 is 5.96 Å². The van der Waals surface area contributed by atoms with Gasteiger partial charge in [0.25, 0.3) is 0 Å². The summed E-state index contributed by atoms with van der Waals surface area (Å²) in [6.07, 6.45) is 7.72. The van der Waals surface area contributed by atoms with Crippen LogP contribution in [0.1, 0.15) is 52.4 Å². The molecule has 1 N–H and O–H groups in total. The molecule has 3 rings (SSSR count). The van der Waals surface area contributed by atoms with E-state index in [-0.39, 0.29) is 11.1 Å². The van der Waals surface area contributed by atoms with Crippen molar-refractivity contribution in [1.29, 1.82) is 0 Å². The molecule has 0 spiro atoms. The van der Waals surface area contributed by atoms with Gasteiger partial charge in [0.1, 0.15) is 0 Å². The number of nitrogens with zero attached hydrogens (tertiary/aromatic N) is 3. The molecule has 6 nitrogen and oxygen atoms in total. The van der Waals surface area contributed by atoms with Gasteiger partial charge in [-0.2, -0.15) is 0 Å². The Morgan fingerprint density at radius 2 is 2.00 bits per heavy atom. The van der Waals surface area contributed by atoms with Crippen LogP contribution in [0.2, 0.25) is 0 Å². The van der Waals surface area contributed by atoms with E-state index < -0.39 is 0 Å². The van der Waals surface area contributed by atoms with Gasteiger partial charge in [0.05, 0.1) is 18.8 Å².